The van der Waals surface area contributed by atoms with Gasteiger partial charge in [0.25, 0.3) is 0 Å². The third-order valence-electron chi connectivity index (χ3n) is 3.23. The van der Waals surface area contributed by atoms with E-state index in [0.29, 0.717) is 13.0 Å². The number of thioether (sulfide) groups is 1. The molecule has 2 aromatic rings. The fourth-order valence-corrected chi connectivity index (χ4v) is 3.73. The molecule has 5 heteroatoms. The van der Waals surface area contributed by atoms with E-state index in [9.17, 15) is 8.42 Å². The molecule has 2 rings (SSSR count). The summed E-state index contributed by atoms with van der Waals surface area (Å²) in [4.78, 5) is 1.21. The van der Waals surface area contributed by atoms with Gasteiger partial charge in [0.1, 0.15) is 0 Å². The summed E-state index contributed by atoms with van der Waals surface area (Å²) >= 11 is 1.77. The van der Waals surface area contributed by atoms with E-state index in [1.165, 1.54) is 4.90 Å². The molecule has 0 saturated heterocycles. The maximum absolute atomic E-state index is 12.0. The Morgan fingerprint density at radius 2 is 1.64 bits per heavy atom. The average Bonchev–Trinajstić information content (AvgIpc) is 2.54. The SMILES string of the molecule is CCSc1ccc(CNS(=O)(=O)CCc2ccccc2)cc1. The van der Waals surface area contributed by atoms with E-state index in [1.807, 2.05) is 54.6 Å². The summed E-state index contributed by atoms with van der Waals surface area (Å²) in [7, 11) is -3.25. The predicted molar refractivity (Wildman–Crippen MR) is 93.6 cm³/mol. The van der Waals surface area contributed by atoms with E-state index in [1.54, 1.807) is 11.8 Å². The van der Waals surface area contributed by atoms with Crippen molar-refractivity contribution in [1.82, 2.24) is 4.72 Å². The minimum absolute atomic E-state index is 0.112. The van der Waals surface area contributed by atoms with Gasteiger partial charge in [-0.25, -0.2) is 13.1 Å². The Morgan fingerprint density at radius 3 is 2.27 bits per heavy atom. The van der Waals surface area contributed by atoms with E-state index >= 15 is 0 Å². The van der Waals surface area contributed by atoms with Crippen molar-refractivity contribution in [1.29, 1.82) is 0 Å². The molecule has 22 heavy (non-hydrogen) atoms. The fourth-order valence-electron chi connectivity index (χ4n) is 2.03. The van der Waals surface area contributed by atoms with Gasteiger partial charge in [0.15, 0.2) is 0 Å². The molecular formula is C17H21NO2S2. The van der Waals surface area contributed by atoms with Crippen LogP contribution in [0.3, 0.4) is 0 Å². The lowest BCUT2D eigenvalue weighted by Crippen LogP contribution is -2.26. The maximum atomic E-state index is 12.0. The van der Waals surface area contributed by atoms with Gasteiger partial charge >= 0.3 is 0 Å². The van der Waals surface area contributed by atoms with Crippen molar-refractivity contribution in [2.75, 3.05) is 11.5 Å². The van der Waals surface area contributed by atoms with Gasteiger partial charge in [-0.15, -0.1) is 11.8 Å². The zero-order valence-corrected chi connectivity index (χ0v) is 14.3. The van der Waals surface area contributed by atoms with Crippen LogP contribution in [-0.4, -0.2) is 19.9 Å². The van der Waals surface area contributed by atoms with Gasteiger partial charge in [-0.3, -0.25) is 0 Å². The number of aryl methyl sites for hydroxylation is 1. The summed E-state index contributed by atoms with van der Waals surface area (Å²) in [5.74, 6) is 1.15. The first-order chi connectivity index (χ1) is 10.6. The molecule has 0 unspecified atom stereocenters. The predicted octanol–water partition coefficient (Wildman–Crippen LogP) is 3.46. The van der Waals surface area contributed by atoms with Crippen molar-refractivity contribution in [2.45, 2.75) is 24.8 Å². The van der Waals surface area contributed by atoms with Crippen molar-refractivity contribution in [3.63, 3.8) is 0 Å². The highest BCUT2D eigenvalue weighted by molar-refractivity contribution is 7.99. The maximum Gasteiger partial charge on any atom is 0.212 e. The zero-order valence-electron chi connectivity index (χ0n) is 12.7. The van der Waals surface area contributed by atoms with Crippen LogP contribution in [-0.2, 0) is 23.0 Å². The minimum atomic E-state index is -3.25. The third kappa shape index (κ3) is 5.83. The number of rotatable bonds is 8. The Bertz CT molecular complexity index is 668. The second-order valence-corrected chi connectivity index (χ2v) is 8.22. The molecule has 0 aliphatic rings. The minimum Gasteiger partial charge on any atom is -0.212 e. The number of benzene rings is 2. The molecule has 0 bridgehead atoms. The molecule has 2 aromatic carbocycles. The van der Waals surface area contributed by atoms with Crippen LogP contribution < -0.4 is 4.72 Å². The van der Waals surface area contributed by atoms with Crippen molar-refractivity contribution in [2.24, 2.45) is 0 Å². The summed E-state index contributed by atoms with van der Waals surface area (Å²) in [6.45, 7) is 2.45. The number of nitrogens with one attached hydrogen (secondary N) is 1. The van der Waals surface area contributed by atoms with Gasteiger partial charge in [-0.05, 0) is 35.4 Å². The van der Waals surface area contributed by atoms with E-state index in [0.717, 1.165) is 16.9 Å². The molecule has 0 aromatic heterocycles. The van der Waals surface area contributed by atoms with Crippen LogP contribution >= 0.6 is 11.8 Å². The Hall–Kier alpha value is -1.30. The fraction of sp³-hybridized carbons (Fsp3) is 0.294. The topological polar surface area (TPSA) is 46.2 Å². The Balaban J connectivity index is 1.84. The Morgan fingerprint density at radius 1 is 0.955 bits per heavy atom. The molecule has 118 valence electrons. The highest BCUT2D eigenvalue weighted by Gasteiger charge is 2.10. The number of hydrogen-bond donors (Lipinski definition) is 1. The lowest BCUT2D eigenvalue weighted by molar-refractivity contribution is 0.580. The molecular weight excluding hydrogens is 314 g/mol. The summed E-state index contributed by atoms with van der Waals surface area (Å²) in [5, 5.41) is 0. The van der Waals surface area contributed by atoms with Crippen molar-refractivity contribution < 1.29 is 8.42 Å². The van der Waals surface area contributed by atoms with E-state index in [2.05, 4.69) is 11.6 Å². The van der Waals surface area contributed by atoms with Gasteiger partial charge in [-0.1, -0.05) is 49.4 Å². The number of hydrogen-bond acceptors (Lipinski definition) is 3. The van der Waals surface area contributed by atoms with Crippen LogP contribution in [0.15, 0.2) is 59.5 Å². The normalized spacial score (nSPS) is 11.5. The van der Waals surface area contributed by atoms with Crippen molar-refractivity contribution in [3.05, 3.63) is 65.7 Å². The molecule has 0 spiro atoms. The molecule has 0 atom stereocenters. The zero-order chi connectivity index (χ0) is 15.8. The highest BCUT2D eigenvalue weighted by atomic mass is 32.2. The standard InChI is InChI=1S/C17H21NO2S2/c1-2-21-17-10-8-16(9-11-17)14-18-22(19,20)13-12-15-6-4-3-5-7-15/h3-11,18H,2,12-14H2,1H3. The molecule has 0 heterocycles. The lowest BCUT2D eigenvalue weighted by atomic mass is 10.2. The lowest BCUT2D eigenvalue weighted by Gasteiger charge is -2.07. The molecule has 0 saturated carbocycles. The van der Waals surface area contributed by atoms with Gasteiger partial charge in [0.05, 0.1) is 5.75 Å². The molecule has 3 nitrogen and oxygen atoms in total. The molecule has 0 fully saturated rings. The Kier molecular flexibility index (Phi) is 6.49. The molecule has 1 N–H and O–H groups in total. The highest BCUT2D eigenvalue weighted by Crippen LogP contribution is 2.17. The summed E-state index contributed by atoms with van der Waals surface area (Å²) in [5.41, 5.74) is 2.01. The van der Waals surface area contributed by atoms with Gasteiger partial charge in [0.2, 0.25) is 10.0 Å². The van der Waals surface area contributed by atoms with Crippen molar-refractivity contribution in [3.8, 4) is 0 Å². The van der Waals surface area contributed by atoms with Gasteiger partial charge in [0, 0.05) is 11.4 Å². The van der Waals surface area contributed by atoms with Crippen LogP contribution in [0.5, 0.6) is 0 Å². The van der Waals surface area contributed by atoms with Crippen LogP contribution in [0.25, 0.3) is 0 Å². The molecule has 0 aliphatic carbocycles. The monoisotopic (exact) mass is 335 g/mol. The summed E-state index contributed by atoms with van der Waals surface area (Å²) in [6, 6.07) is 17.7. The van der Waals surface area contributed by atoms with E-state index in [-0.39, 0.29) is 5.75 Å². The molecule has 0 amide bonds. The van der Waals surface area contributed by atoms with Crippen LogP contribution in [0.2, 0.25) is 0 Å². The van der Waals surface area contributed by atoms with Crippen LogP contribution in [0.4, 0.5) is 0 Å². The second kappa shape index (κ2) is 8.36. The Labute approximate surface area is 137 Å². The summed E-state index contributed by atoms with van der Waals surface area (Å²) in [6.07, 6.45) is 0.530. The van der Waals surface area contributed by atoms with Gasteiger partial charge in [-0.2, -0.15) is 0 Å². The first-order valence-corrected chi connectivity index (χ1v) is 9.96. The smallest absolute Gasteiger partial charge is 0.212 e. The van der Waals surface area contributed by atoms with Crippen LogP contribution in [0, 0.1) is 0 Å². The van der Waals surface area contributed by atoms with E-state index < -0.39 is 10.0 Å². The first kappa shape index (κ1) is 17.1. The van der Waals surface area contributed by atoms with E-state index in [4.69, 9.17) is 0 Å². The largest absolute Gasteiger partial charge is 0.212 e. The molecule has 0 radical (unpaired) electrons. The van der Waals surface area contributed by atoms with Crippen molar-refractivity contribution >= 4 is 21.8 Å². The molecule has 0 aliphatic heterocycles. The second-order valence-electron chi connectivity index (χ2n) is 4.95. The summed E-state index contributed by atoms with van der Waals surface area (Å²) < 4.78 is 26.7. The number of sulfonamides is 1. The quantitative estimate of drug-likeness (QED) is 0.752. The third-order valence-corrected chi connectivity index (χ3v) is 5.45. The van der Waals surface area contributed by atoms with Crippen LogP contribution in [0.1, 0.15) is 18.1 Å². The van der Waals surface area contributed by atoms with Gasteiger partial charge < -0.3 is 0 Å². The average molecular weight is 335 g/mol. The first-order valence-electron chi connectivity index (χ1n) is 7.32.